The highest BCUT2D eigenvalue weighted by molar-refractivity contribution is 6.68. The molecule has 0 radical (unpaired) electrons. The zero-order valence-corrected chi connectivity index (χ0v) is 12.1. The van der Waals surface area contributed by atoms with Crippen LogP contribution in [0.25, 0.3) is 0 Å². The third kappa shape index (κ3) is 5.40. The molecular formula is C11H15Cl3N3O+. The zero-order chi connectivity index (χ0) is 13.6. The molecule has 1 atom stereocenters. The van der Waals surface area contributed by atoms with Crippen molar-refractivity contribution in [3.8, 4) is 0 Å². The predicted molar refractivity (Wildman–Crippen MR) is 72.4 cm³/mol. The zero-order valence-electron chi connectivity index (χ0n) is 9.87. The van der Waals surface area contributed by atoms with Crippen molar-refractivity contribution < 1.29 is 10.1 Å². The van der Waals surface area contributed by atoms with E-state index in [9.17, 15) is 4.79 Å². The second-order valence-corrected chi connectivity index (χ2v) is 6.11. The first kappa shape index (κ1) is 15.5. The molecule has 7 heteroatoms. The Hall–Kier alpha value is -0.550. The average Bonchev–Trinajstić information content (AvgIpc) is 2.34. The fraction of sp³-hybridized carbons (Fsp3) is 0.455. The normalized spacial score (nSPS) is 13.1. The van der Waals surface area contributed by atoms with Crippen molar-refractivity contribution in [1.29, 1.82) is 0 Å². The van der Waals surface area contributed by atoms with Gasteiger partial charge in [-0.3, -0.25) is 9.78 Å². The van der Waals surface area contributed by atoms with Crippen molar-refractivity contribution in [1.82, 2.24) is 10.3 Å². The molecule has 0 aliphatic rings. The van der Waals surface area contributed by atoms with Gasteiger partial charge >= 0.3 is 0 Å². The van der Waals surface area contributed by atoms with Gasteiger partial charge in [-0.2, -0.15) is 0 Å². The van der Waals surface area contributed by atoms with Crippen LogP contribution in [0.15, 0.2) is 24.5 Å². The van der Waals surface area contributed by atoms with E-state index >= 15 is 0 Å². The largest absolute Gasteiger partial charge is 0.319 e. The highest BCUT2D eigenvalue weighted by atomic mass is 35.6. The molecule has 1 rings (SSSR count). The lowest BCUT2D eigenvalue weighted by atomic mass is 10.3. The van der Waals surface area contributed by atoms with Crippen LogP contribution in [0.5, 0.6) is 0 Å². The van der Waals surface area contributed by atoms with Gasteiger partial charge in [-0.25, -0.2) is 0 Å². The molecule has 18 heavy (non-hydrogen) atoms. The van der Waals surface area contributed by atoms with E-state index in [-0.39, 0.29) is 5.91 Å². The van der Waals surface area contributed by atoms with Gasteiger partial charge in [0.25, 0.3) is 3.79 Å². The molecule has 1 aromatic heterocycles. The topological polar surface area (TPSA) is 58.6 Å². The maximum atomic E-state index is 11.4. The highest BCUT2D eigenvalue weighted by Crippen LogP contribution is 2.27. The molecule has 0 fully saturated rings. The van der Waals surface area contributed by atoms with E-state index in [1.807, 2.05) is 12.1 Å². The Morgan fingerprint density at radius 2 is 2.28 bits per heavy atom. The molecule has 0 bridgehead atoms. The van der Waals surface area contributed by atoms with Gasteiger partial charge in [0.1, 0.15) is 6.54 Å². The summed E-state index contributed by atoms with van der Waals surface area (Å²) < 4.78 is -1.56. The SMILES string of the molecule is CCC(=O)NC([NH2+]Cc1cccnc1)C(Cl)(Cl)Cl. The number of nitrogens with zero attached hydrogens (tertiary/aromatic N) is 1. The molecule has 3 N–H and O–H groups in total. The third-order valence-electron chi connectivity index (χ3n) is 2.30. The minimum absolute atomic E-state index is 0.159. The number of hydrogen-bond donors (Lipinski definition) is 2. The number of amides is 1. The molecule has 0 spiro atoms. The molecule has 1 heterocycles. The minimum atomic E-state index is -1.56. The minimum Gasteiger partial charge on any atom is -0.319 e. The summed E-state index contributed by atoms with van der Waals surface area (Å²) in [6, 6.07) is 3.75. The summed E-state index contributed by atoms with van der Waals surface area (Å²) in [5.74, 6) is -0.159. The van der Waals surface area contributed by atoms with Crippen LogP contribution in [0.3, 0.4) is 0 Å². The Morgan fingerprint density at radius 1 is 1.56 bits per heavy atom. The number of nitrogens with one attached hydrogen (secondary N) is 1. The molecule has 100 valence electrons. The lowest BCUT2D eigenvalue weighted by molar-refractivity contribution is -0.707. The Balaban J connectivity index is 2.59. The van der Waals surface area contributed by atoms with E-state index in [0.29, 0.717) is 13.0 Å². The predicted octanol–water partition coefficient (Wildman–Crippen LogP) is 1.37. The number of aromatic nitrogens is 1. The van der Waals surface area contributed by atoms with Gasteiger partial charge in [-0.05, 0) is 6.07 Å². The summed E-state index contributed by atoms with van der Waals surface area (Å²) in [6.07, 6.45) is 3.13. The molecular weight excluding hydrogens is 296 g/mol. The van der Waals surface area contributed by atoms with Gasteiger partial charge < -0.3 is 10.6 Å². The van der Waals surface area contributed by atoms with Crippen LogP contribution in [-0.4, -0.2) is 20.8 Å². The number of nitrogens with two attached hydrogens (primary N) is 1. The van der Waals surface area contributed by atoms with Crippen molar-refractivity contribution >= 4 is 40.7 Å². The van der Waals surface area contributed by atoms with Crippen LogP contribution < -0.4 is 10.6 Å². The summed E-state index contributed by atoms with van der Waals surface area (Å²) in [7, 11) is 0. The van der Waals surface area contributed by atoms with Gasteiger partial charge in [0.15, 0.2) is 0 Å². The van der Waals surface area contributed by atoms with Crippen molar-refractivity contribution in [2.75, 3.05) is 0 Å². The summed E-state index contributed by atoms with van der Waals surface area (Å²) >= 11 is 17.5. The Bertz CT molecular complexity index is 381. The molecule has 0 saturated heterocycles. The van der Waals surface area contributed by atoms with Gasteiger partial charge in [-0.15, -0.1) is 0 Å². The molecule has 0 aliphatic carbocycles. The van der Waals surface area contributed by atoms with Gasteiger partial charge in [-0.1, -0.05) is 47.8 Å². The average molecular weight is 312 g/mol. The summed E-state index contributed by atoms with van der Waals surface area (Å²) in [4.78, 5) is 15.4. The lowest BCUT2D eigenvalue weighted by Gasteiger charge is -2.23. The number of hydrogen-bond acceptors (Lipinski definition) is 2. The van der Waals surface area contributed by atoms with Crippen LogP contribution in [0.2, 0.25) is 0 Å². The Morgan fingerprint density at radius 3 is 2.78 bits per heavy atom. The fourth-order valence-corrected chi connectivity index (χ4v) is 1.75. The monoisotopic (exact) mass is 310 g/mol. The second kappa shape index (κ2) is 7.14. The molecule has 4 nitrogen and oxygen atoms in total. The van der Waals surface area contributed by atoms with Crippen molar-refractivity contribution in [2.24, 2.45) is 0 Å². The number of alkyl halides is 3. The molecule has 0 aromatic carbocycles. The van der Waals surface area contributed by atoms with Crippen LogP contribution in [0.4, 0.5) is 0 Å². The van der Waals surface area contributed by atoms with Gasteiger partial charge in [0.05, 0.1) is 0 Å². The molecule has 0 saturated carbocycles. The van der Waals surface area contributed by atoms with Crippen LogP contribution >= 0.6 is 34.8 Å². The van der Waals surface area contributed by atoms with Crippen LogP contribution in [0, 0.1) is 0 Å². The maximum Gasteiger partial charge on any atom is 0.262 e. The van der Waals surface area contributed by atoms with E-state index in [1.165, 1.54) is 0 Å². The number of carbonyl (C=O) groups is 1. The Kier molecular flexibility index (Phi) is 6.15. The second-order valence-electron chi connectivity index (χ2n) is 3.74. The standard InChI is InChI=1S/C11H14Cl3N3O/c1-2-9(18)17-10(11(12,13)14)16-7-8-4-3-5-15-6-8/h3-6,10,16H,2,7H2,1H3,(H,17,18)/p+1. The molecule has 1 amide bonds. The summed E-state index contributed by atoms with van der Waals surface area (Å²) in [6.45, 7) is 2.31. The van der Waals surface area contributed by atoms with Gasteiger partial charge in [0.2, 0.25) is 12.1 Å². The first-order valence-corrected chi connectivity index (χ1v) is 6.65. The van der Waals surface area contributed by atoms with Crippen molar-refractivity contribution in [3.63, 3.8) is 0 Å². The molecule has 0 aliphatic heterocycles. The number of carbonyl (C=O) groups excluding carboxylic acids is 1. The van der Waals surface area contributed by atoms with E-state index in [4.69, 9.17) is 34.8 Å². The quantitative estimate of drug-likeness (QED) is 0.637. The van der Waals surface area contributed by atoms with Crippen molar-refractivity contribution in [3.05, 3.63) is 30.1 Å². The highest BCUT2D eigenvalue weighted by Gasteiger charge is 2.36. The number of halogens is 3. The van der Waals surface area contributed by atoms with E-state index in [1.54, 1.807) is 24.6 Å². The maximum absolute atomic E-state index is 11.4. The van der Waals surface area contributed by atoms with Crippen molar-refractivity contribution in [2.45, 2.75) is 29.8 Å². The van der Waals surface area contributed by atoms with E-state index in [2.05, 4.69) is 10.3 Å². The van der Waals surface area contributed by atoms with Crippen LogP contribution in [0.1, 0.15) is 18.9 Å². The smallest absolute Gasteiger partial charge is 0.262 e. The number of rotatable bonds is 5. The molecule has 1 aromatic rings. The fourth-order valence-electron chi connectivity index (χ4n) is 1.32. The van der Waals surface area contributed by atoms with E-state index < -0.39 is 9.96 Å². The summed E-state index contributed by atoms with van der Waals surface area (Å²) in [5, 5.41) is 4.43. The van der Waals surface area contributed by atoms with E-state index in [0.717, 1.165) is 5.56 Å². The van der Waals surface area contributed by atoms with Crippen LogP contribution in [-0.2, 0) is 11.3 Å². The first-order chi connectivity index (χ1) is 8.43. The lowest BCUT2D eigenvalue weighted by Crippen LogP contribution is -2.95. The molecule has 1 unspecified atom stereocenters. The Labute approximate surface area is 121 Å². The first-order valence-electron chi connectivity index (χ1n) is 5.51. The third-order valence-corrected chi connectivity index (χ3v) is 3.01. The van der Waals surface area contributed by atoms with Gasteiger partial charge in [0, 0.05) is 24.4 Å². The number of pyridine rings is 1. The summed E-state index contributed by atoms with van der Waals surface area (Å²) in [5.41, 5.74) is 0.988. The number of quaternary nitrogens is 1.